The van der Waals surface area contributed by atoms with Crippen LogP contribution in [0.2, 0.25) is 0 Å². The molecule has 1 aromatic rings. The van der Waals surface area contributed by atoms with Crippen molar-refractivity contribution < 1.29 is 9.47 Å². The molecule has 0 spiro atoms. The van der Waals surface area contributed by atoms with Crippen molar-refractivity contribution in [1.82, 2.24) is 5.32 Å². The predicted molar refractivity (Wildman–Crippen MR) is 82.1 cm³/mol. The topological polar surface area (TPSA) is 30.5 Å². The highest BCUT2D eigenvalue weighted by atomic mass is 16.7. The van der Waals surface area contributed by atoms with E-state index in [4.69, 9.17) is 9.47 Å². The van der Waals surface area contributed by atoms with Gasteiger partial charge in [-0.1, -0.05) is 39.8 Å². The fourth-order valence-corrected chi connectivity index (χ4v) is 2.79. The molecule has 2 rings (SSSR count). The summed E-state index contributed by atoms with van der Waals surface area (Å²) >= 11 is 0. The second-order valence-electron chi connectivity index (χ2n) is 6.49. The van der Waals surface area contributed by atoms with Crippen LogP contribution in [0.5, 0.6) is 11.5 Å². The van der Waals surface area contributed by atoms with Crippen LogP contribution in [0.15, 0.2) is 18.2 Å². The van der Waals surface area contributed by atoms with E-state index in [1.54, 1.807) is 0 Å². The molecule has 0 saturated carbocycles. The Morgan fingerprint density at radius 2 is 1.75 bits per heavy atom. The van der Waals surface area contributed by atoms with Crippen LogP contribution in [0.25, 0.3) is 0 Å². The van der Waals surface area contributed by atoms with Crippen molar-refractivity contribution in [2.45, 2.75) is 53.1 Å². The highest BCUT2D eigenvalue weighted by molar-refractivity contribution is 5.48. The van der Waals surface area contributed by atoms with Gasteiger partial charge in [-0.2, -0.15) is 0 Å². The molecule has 0 aliphatic carbocycles. The summed E-state index contributed by atoms with van der Waals surface area (Å²) in [6.45, 7) is 10.3. The number of benzene rings is 1. The fourth-order valence-electron chi connectivity index (χ4n) is 2.79. The molecule has 1 N–H and O–H groups in total. The van der Waals surface area contributed by atoms with Crippen molar-refractivity contribution in [3.8, 4) is 11.5 Å². The average molecular weight is 277 g/mol. The molecule has 3 nitrogen and oxygen atoms in total. The lowest BCUT2D eigenvalue weighted by atomic mass is 9.95. The summed E-state index contributed by atoms with van der Waals surface area (Å²) < 4.78 is 11.0. The molecule has 112 valence electrons. The first-order valence-electron chi connectivity index (χ1n) is 7.67. The quantitative estimate of drug-likeness (QED) is 0.818. The molecule has 1 aliphatic heterocycles. The maximum atomic E-state index is 5.56. The lowest BCUT2D eigenvalue weighted by Gasteiger charge is -2.23. The normalized spacial score (nSPS) is 13.8. The number of hydrogen-bond donors (Lipinski definition) is 1. The van der Waals surface area contributed by atoms with Gasteiger partial charge in [-0.3, -0.25) is 0 Å². The molecule has 3 heteroatoms. The van der Waals surface area contributed by atoms with E-state index in [0.29, 0.717) is 24.7 Å². The Morgan fingerprint density at radius 3 is 2.40 bits per heavy atom. The van der Waals surface area contributed by atoms with Crippen molar-refractivity contribution in [2.75, 3.05) is 6.79 Å². The summed E-state index contributed by atoms with van der Waals surface area (Å²) in [5, 5.41) is 3.69. The van der Waals surface area contributed by atoms with Gasteiger partial charge in [-0.15, -0.1) is 0 Å². The average Bonchev–Trinajstić information content (AvgIpc) is 2.83. The molecule has 0 radical (unpaired) electrons. The van der Waals surface area contributed by atoms with Crippen molar-refractivity contribution in [2.24, 2.45) is 11.8 Å². The molecule has 0 unspecified atom stereocenters. The molecule has 1 aliphatic rings. The summed E-state index contributed by atoms with van der Waals surface area (Å²) in [7, 11) is 0. The Balaban J connectivity index is 1.96. The van der Waals surface area contributed by atoms with Crippen LogP contribution in [-0.4, -0.2) is 12.8 Å². The molecule has 1 aromatic carbocycles. The van der Waals surface area contributed by atoms with Crippen LogP contribution in [0.1, 0.15) is 46.1 Å². The number of para-hydroxylation sites is 1. The van der Waals surface area contributed by atoms with Crippen LogP contribution in [0.3, 0.4) is 0 Å². The number of rotatable bonds is 7. The molecular weight excluding hydrogens is 250 g/mol. The van der Waals surface area contributed by atoms with E-state index in [9.17, 15) is 0 Å². The van der Waals surface area contributed by atoms with E-state index in [2.05, 4.69) is 39.1 Å². The minimum atomic E-state index is 0.341. The molecular formula is C17H27NO2. The number of hydrogen-bond acceptors (Lipinski definition) is 3. The first-order valence-corrected chi connectivity index (χ1v) is 7.67. The van der Waals surface area contributed by atoms with Crippen molar-refractivity contribution in [1.29, 1.82) is 0 Å². The summed E-state index contributed by atoms with van der Waals surface area (Å²) in [5.74, 6) is 3.21. The molecule has 0 bridgehead atoms. The molecule has 0 aromatic heterocycles. The largest absolute Gasteiger partial charge is 0.454 e. The van der Waals surface area contributed by atoms with E-state index in [-0.39, 0.29) is 0 Å². The maximum absolute atomic E-state index is 5.56. The van der Waals surface area contributed by atoms with Crippen molar-refractivity contribution >= 4 is 0 Å². The van der Waals surface area contributed by atoms with Gasteiger partial charge in [0.25, 0.3) is 0 Å². The Morgan fingerprint density at radius 1 is 1.05 bits per heavy atom. The molecule has 20 heavy (non-hydrogen) atoms. The zero-order chi connectivity index (χ0) is 14.5. The third-order valence-corrected chi connectivity index (χ3v) is 3.57. The summed E-state index contributed by atoms with van der Waals surface area (Å²) in [6, 6.07) is 6.67. The summed E-state index contributed by atoms with van der Waals surface area (Å²) in [5.41, 5.74) is 1.19. The van der Waals surface area contributed by atoms with E-state index in [1.807, 2.05) is 12.1 Å². The SMILES string of the molecule is CC(C)CC(CC(C)C)NCc1cccc2c1OCO2. The zero-order valence-electron chi connectivity index (χ0n) is 13.1. The van der Waals surface area contributed by atoms with E-state index >= 15 is 0 Å². The van der Waals surface area contributed by atoms with Gasteiger partial charge in [0, 0.05) is 18.2 Å². The van der Waals surface area contributed by atoms with Gasteiger partial charge >= 0.3 is 0 Å². The standard InChI is InChI=1S/C17H27NO2/c1-12(2)8-15(9-13(3)4)18-10-14-6-5-7-16-17(14)20-11-19-16/h5-7,12-13,15,18H,8-11H2,1-4H3. The van der Waals surface area contributed by atoms with Crippen LogP contribution < -0.4 is 14.8 Å². The number of ether oxygens (including phenoxy) is 2. The molecule has 0 saturated heterocycles. The van der Waals surface area contributed by atoms with Gasteiger partial charge in [-0.25, -0.2) is 0 Å². The molecule has 0 amide bonds. The maximum Gasteiger partial charge on any atom is 0.231 e. The van der Waals surface area contributed by atoms with Crippen molar-refractivity contribution in [3.63, 3.8) is 0 Å². The van der Waals surface area contributed by atoms with E-state index in [1.165, 1.54) is 18.4 Å². The highest BCUT2D eigenvalue weighted by Crippen LogP contribution is 2.35. The van der Waals surface area contributed by atoms with Crippen LogP contribution in [0.4, 0.5) is 0 Å². The van der Waals surface area contributed by atoms with Gasteiger partial charge in [0.05, 0.1) is 0 Å². The molecule has 1 heterocycles. The number of fused-ring (bicyclic) bond motifs is 1. The van der Waals surface area contributed by atoms with E-state index in [0.717, 1.165) is 18.0 Å². The second-order valence-corrected chi connectivity index (χ2v) is 6.49. The minimum absolute atomic E-state index is 0.341. The predicted octanol–water partition coefficient (Wildman–Crippen LogP) is 3.97. The first-order chi connectivity index (χ1) is 9.56. The van der Waals surface area contributed by atoms with E-state index < -0.39 is 0 Å². The third kappa shape index (κ3) is 4.14. The molecule has 0 fully saturated rings. The van der Waals surface area contributed by atoms with Crippen LogP contribution >= 0.6 is 0 Å². The Kier molecular flexibility index (Phi) is 5.30. The summed E-state index contributed by atoms with van der Waals surface area (Å²) in [6.07, 6.45) is 2.43. The van der Waals surface area contributed by atoms with Crippen LogP contribution in [-0.2, 0) is 6.54 Å². The third-order valence-electron chi connectivity index (χ3n) is 3.57. The van der Waals surface area contributed by atoms with Crippen molar-refractivity contribution in [3.05, 3.63) is 23.8 Å². The lowest BCUT2D eigenvalue weighted by Crippen LogP contribution is -2.31. The molecule has 0 atom stereocenters. The first kappa shape index (κ1) is 15.2. The fraction of sp³-hybridized carbons (Fsp3) is 0.647. The highest BCUT2D eigenvalue weighted by Gasteiger charge is 2.18. The lowest BCUT2D eigenvalue weighted by molar-refractivity contribution is 0.173. The number of nitrogens with one attached hydrogen (secondary N) is 1. The van der Waals surface area contributed by atoms with Gasteiger partial charge < -0.3 is 14.8 Å². The van der Waals surface area contributed by atoms with Gasteiger partial charge in [-0.05, 0) is 30.7 Å². The smallest absolute Gasteiger partial charge is 0.231 e. The second kappa shape index (κ2) is 6.98. The minimum Gasteiger partial charge on any atom is -0.454 e. The Labute approximate surface area is 122 Å². The monoisotopic (exact) mass is 277 g/mol. The Hall–Kier alpha value is -1.22. The zero-order valence-corrected chi connectivity index (χ0v) is 13.1. The van der Waals surface area contributed by atoms with Gasteiger partial charge in [0.2, 0.25) is 6.79 Å². The van der Waals surface area contributed by atoms with Gasteiger partial charge in [0.1, 0.15) is 0 Å². The van der Waals surface area contributed by atoms with Gasteiger partial charge in [0.15, 0.2) is 11.5 Å². The van der Waals surface area contributed by atoms with Crippen LogP contribution in [0, 0.1) is 11.8 Å². The summed E-state index contributed by atoms with van der Waals surface area (Å²) in [4.78, 5) is 0. The Bertz CT molecular complexity index is 419.